The molecule has 0 aliphatic carbocycles. The number of aliphatic carboxylic acids is 1. The molecule has 0 unspecified atom stereocenters. The molecule has 0 saturated carbocycles. The lowest BCUT2D eigenvalue weighted by Gasteiger charge is -2.23. The van der Waals surface area contributed by atoms with Crippen molar-refractivity contribution in [2.45, 2.75) is 64.2 Å². The summed E-state index contributed by atoms with van der Waals surface area (Å²) >= 11 is 0. The third-order valence-electron chi connectivity index (χ3n) is 3.91. The van der Waals surface area contributed by atoms with Gasteiger partial charge in [0.15, 0.2) is 0 Å². The van der Waals surface area contributed by atoms with Crippen molar-refractivity contribution in [3.63, 3.8) is 0 Å². The highest BCUT2D eigenvalue weighted by atomic mass is 16.4. The Labute approximate surface area is 169 Å². The van der Waals surface area contributed by atoms with Crippen molar-refractivity contribution >= 4 is 29.6 Å². The van der Waals surface area contributed by atoms with E-state index in [9.17, 15) is 24.0 Å². The molecule has 166 valence electrons. The second-order valence-corrected chi connectivity index (χ2v) is 6.71. The minimum absolute atomic E-state index is 0.270. The van der Waals surface area contributed by atoms with Crippen LogP contribution in [0.4, 0.5) is 0 Å². The van der Waals surface area contributed by atoms with E-state index in [0.717, 1.165) is 0 Å². The van der Waals surface area contributed by atoms with Crippen molar-refractivity contribution in [1.82, 2.24) is 21.3 Å². The van der Waals surface area contributed by atoms with Crippen molar-refractivity contribution < 1.29 is 29.1 Å². The van der Waals surface area contributed by atoms with Crippen LogP contribution in [0, 0.1) is 0 Å². The van der Waals surface area contributed by atoms with Gasteiger partial charge in [0.05, 0.1) is 6.04 Å². The second kappa shape index (κ2) is 13.4. The number of carbonyl (C=O) groups excluding carboxylic acids is 4. The maximum Gasteiger partial charge on any atom is 0.322 e. The number of nitrogens with one attached hydrogen (secondary N) is 4. The van der Waals surface area contributed by atoms with Crippen LogP contribution >= 0.6 is 0 Å². The van der Waals surface area contributed by atoms with Gasteiger partial charge in [0.25, 0.3) is 0 Å². The van der Waals surface area contributed by atoms with Gasteiger partial charge in [0.2, 0.25) is 23.6 Å². The van der Waals surface area contributed by atoms with Crippen LogP contribution in [0.1, 0.15) is 40.0 Å². The van der Waals surface area contributed by atoms with Gasteiger partial charge in [0.1, 0.15) is 24.7 Å². The number of carboxylic acids is 1. The molecule has 0 rings (SSSR count). The van der Waals surface area contributed by atoms with Crippen molar-refractivity contribution in [2.24, 2.45) is 11.5 Å². The summed E-state index contributed by atoms with van der Waals surface area (Å²) < 4.78 is 0. The van der Waals surface area contributed by atoms with Gasteiger partial charge in [-0.3, -0.25) is 24.0 Å². The van der Waals surface area contributed by atoms with Crippen LogP contribution in [0.25, 0.3) is 0 Å². The summed E-state index contributed by atoms with van der Waals surface area (Å²) in [6.45, 7) is 4.15. The van der Waals surface area contributed by atoms with Gasteiger partial charge in [0, 0.05) is 0 Å². The van der Waals surface area contributed by atoms with Crippen LogP contribution in [0.3, 0.4) is 0 Å². The fourth-order valence-corrected chi connectivity index (χ4v) is 2.16. The molecule has 0 bridgehead atoms. The van der Waals surface area contributed by atoms with Gasteiger partial charge >= 0.3 is 5.97 Å². The Morgan fingerprint density at radius 3 is 1.90 bits per heavy atom. The Hall–Kier alpha value is -2.73. The molecule has 0 saturated heterocycles. The Balaban J connectivity index is 4.94. The number of carbonyl (C=O) groups is 5. The van der Waals surface area contributed by atoms with Gasteiger partial charge in [-0.1, -0.05) is 0 Å². The molecule has 12 heteroatoms. The first-order valence-electron chi connectivity index (χ1n) is 9.35. The minimum Gasteiger partial charge on any atom is -0.480 e. The number of hydrogen-bond acceptors (Lipinski definition) is 7. The Morgan fingerprint density at radius 2 is 1.38 bits per heavy atom. The van der Waals surface area contributed by atoms with E-state index in [0.29, 0.717) is 19.4 Å². The highest BCUT2D eigenvalue weighted by Gasteiger charge is 2.26. The summed E-state index contributed by atoms with van der Waals surface area (Å²) in [7, 11) is 0. The van der Waals surface area contributed by atoms with E-state index in [1.54, 1.807) is 0 Å². The molecule has 0 spiro atoms. The van der Waals surface area contributed by atoms with Crippen LogP contribution < -0.4 is 32.7 Å². The Morgan fingerprint density at radius 1 is 0.828 bits per heavy atom. The molecule has 12 nitrogen and oxygen atoms in total. The number of nitrogens with two attached hydrogens (primary N) is 2. The molecular weight excluding hydrogens is 384 g/mol. The molecule has 0 aliphatic rings. The fourth-order valence-electron chi connectivity index (χ4n) is 2.16. The van der Waals surface area contributed by atoms with Crippen molar-refractivity contribution in [3.05, 3.63) is 0 Å². The zero-order valence-electron chi connectivity index (χ0n) is 17.0. The monoisotopic (exact) mass is 416 g/mol. The molecule has 0 aromatic rings. The molecular formula is C17H32N6O6. The molecule has 4 atom stereocenters. The van der Waals surface area contributed by atoms with Gasteiger partial charge in [-0.15, -0.1) is 0 Å². The molecule has 0 heterocycles. The Kier molecular flexibility index (Phi) is 12.2. The number of unbranched alkanes of at least 4 members (excludes halogenated alkanes) is 1. The lowest BCUT2D eigenvalue weighted by Crippen LogP contribution is -2.56. The zero-order valence-corrected chi connectivity index (χ0v) is 17.0. The number of rotatable bonds is 13. The average molecular weight is 416 g/mol. The average Bonchev–Trinajstić information content (AvgIpc) is 2.64. The third kappa shape index (κ3) is 11.0. The summed E-state index contributed by atoms with van der Waals surface area (Å²) in [4.78, 5) is 58.8. The molecule has 29 heavy (non-hydrogen) atoms. The SMILES string of the molecule is C[C@H](N)C(=O)N[C@@H](C)C(=O)N[C@@H](CCCCN)C(=O)N[C@@H](C)C(=O)NCC(=O)O. The molecule has 0 aromatic heterocycles. The van der Waals surface area contributed by atoms with E-state index in [-0.39, 0.29) is 6.42 Å². The van der Waals surface area contributed by atoms with E-state index in [2.05, 4.69) is 21.3 Å². The molecule has 9 N–H and O–H groups in total. The maximum absolute atomic E-state index is 12.5. The predicted molar refractivity (Wildman–Crippen MR) is 104 cm³/mol. The first kappa shape index (κ1) is 26.3. The van der Waals surface area contributed by atoms with Crippen molar-refractivity contribution in [1.29, 1.82) is 0 Å². The van der Waals surface area contributed by atoms with E-state index in [1.807, 2.05) is 0 Å². The van der Waals surface area contributed by atoms with Crippen molar-refractivity contribution in [2.75, 3.05) is 13.1 Å². The third-order valence-corrected chi connectivity index (χ3v) is 3.91. The quantitative estimate of drug-likeness (QED) is 0.155. The topological polar surface area (TPSA) is 206 Å². The van der Waals surface area contributed by atoms with E-state index >= 15 is 0 Å². The summed E-state index contributed by atoms with van der Waals surface area (Å²) in [6, 6.07) is -3.68. The highest BCUT2D eigenvalue weighted by Crippen LogP contribution is 2.03. The van der Waals surface area contributed by atoms with Crippen LogP contribution in [-0.2, 0) is 24.0 Å². The number of carboxylic acid groups (broad SMARTS) is 1. The van der Waals surface area contributed by atoms with Gasteiger partial charge in [-0.2, -0.15) is 0 Å². The Bertz CT molecular complexity index is 597. The summed E-state index contributed by atoms with van der Waals surface area (Å²) in [5.41, 5.74) is 10.9. The molecule has 0 aromatic carbocycles. The molecule has 0 radical (unpaired) electrons. The molecule has 0 aliphatic heterocycles. The maximum atomic E-state index is 12.5. The van der Waals surface area contributed by atoms with Crippen LogP contribution in [0.2, 0.25) is 0 Å². The lowest BCUT2D eigenvalue weighted by molar-refractivity contribution is -0.138. The summed E-state index contributed by atoms with van der Waals surface area (Å²) in [6.07, 6.45) is 1.45. The minimum atomic E-state index is -1.22. The fraction of sp³-hybridized carbons (Fsp3) is 0.706. The van der Waals surface area contributed by atoms with E-state index in [1.165, 1.54) is 20.8 Å². The first-order chi connectivity index (χ1) is 13.5. The number of amides is 4. The highest BCUT2D eigenvalue weighted by molar-refractivity contribution is 5.94. The van der Waals surface area contributed by atoms with Crippen molar-refractivity contribution in [3.8, 4) is 0 Å². The van der Waals surface area contributed by atoms with E-state index in [4.69, 9.17) is 16.6 Å². The van der Waals surface area contributed by atoms with E-state index < -0.39 is 60.3 Å². The van der Waals surface area contributed by atoms with Gasteiger partial charge in [-0.25, -0.2) is 0 Å². The van der Waals surface area contributed by atoms with Gasteiger partial charge in [-0.05, 0) is 46.6 Å². The predicted octanol–water partition coefficient (Wildman–Crippen LogP) is -2.84. The molecule has 0 fully saturated rings. The lowest BCUT2D eigenvalue weighted by atomic mass is 10.1. The van der Waals surface area contributed by atoms with Crippen LogP contribution in [0.15, 0.2) is 0 Å². The summed E-state index contributed by atoms with van der Waals surface area (Å²) in [5.74, 6) is -3.61. The van der Waals surface area contributed by atoms with Crippen LogP contribution in [-0.4, -0.2) is 72.0 Å². The first-order valence-corrected chi connectivity index (χ1v) is 9.35. The van der Waals surface area contributed by atoms with Crippen LogP contribution in [0.5, 0.6) is 0 Å². The second-order valence-electron chi connectivity index (χ2n) is 6.71. The number of hydrogen-bond donors (Lipinski definition) is 7. The van der Waals surface area contributed by atoms with Gasteiger partial charge < -0.3 is 37.8 Å². The zero-order chi connectivity index (χ0) is 22.6. The largest absolute Gasteiger partial charge is 0.480 e. The standard InChI is InChI=1S/C17H32N6O6/c1-9(19)14(26)21-11(3)16(28)23-12(6-4-5-7-18)17(29)22-10(2)15(27)20-8-13(24)25/h9-12H,4-8,18-19H2,1-3H3,(H,20,27)(H,21,26)(H,22,29)(H,23,28)(H,24,25)/t9-,10-,11-,12-/m0/s1. The smallest absolute Gasteiger partial charge is 0.322 e. The summed E-state index contributed by atoms with van der Waals surface area (Å²) in [5, 5.41) is 18.1. The molecule has 4 amide bonds. The normalized spacial score (nSPS) is 14.7.